The molecule has 0 heterocycles. The highest BCUT2D eigenvalue weighted by atomic mass is 16.5. The average Bonchev–Trinajstić information content (AvgIpc) is 2.57. The third-order valence-corrected chi connectivity index (χ3v) is 3.83. The maximum absolute atomic E-state index is 12.4. The van der Waals surface area contributed by atoms with Gasteiger partial charge in [0.1, 0.15) is 0 Å². The van der Waals surface area contributed by atoms with E-state index in [2.05, 4.69) is 5.32 Å². The van der Waals surface area contributed by atoms with Crippen molar-refractivity contribution < 1.29 is 19.0 Å². The fraction of sp³-hybridized carbons (Fsp3) is 0.316. The molecule has 2 aromatic carbocycles. The van der Waals surface area contributed by atoms with E-state index in [4.69, 9.17) is 14.2 Å². The first kappa shape index (κ1) is 17.7. The highest BCUT2D eigenvalue weighted by molar-refractivity contribution is 5.93. The maximum Gasteiger partial charge on any atom is 0.228 e. The Morgan fingerprint density at radius 3 is 1.96 bits per heavy atom. The Labute approximate surface area is 142 Å². The Morgan fingerprint density at radius 1 is 0.958 bits per heavy atom. The minimum Gasteiger partial charge on any atom is -0.493 e. The summed E-state index contributed by atoms with van der Waals surface area (Å²) in [5, 5.41) is 2.98. The lowest BCUT2D eigenvalue weighted by atomic mass is 10.1. The number of hydrogen-bond acceptors (Lipinski definition) is 4. The summed E-state index contributed by atoms with van der Waals surface area (Å²) in [6.07, 6.45) is 0.213. The van der Waals surface area contributed by atoms with Gasteiger partial charge in [0.15, 0.2) is 11.5 Å². The Balaban J connectivity index is 2.23. The fourth-order valence-corrected chi connectivity index (χ4v) is 2.62. The van der Waals surface area contributed by atoms with Gasteiger partial charge in [-0.3, -0.25) is 4.79 Å². The summed E-state index contributed by atoms with van der Waals surface area (Å²) < 4.78 is 15.9. The van der Waals surface area contributed by atoms with Crippen molar-refractivity contribution in [3.05, 3.63) is 47.0 Å². The quantitative estimate of drug-likeness (QED) is 0.881. The van der Waals surface area contributed by atoms with E-state index in [-0.39, 0.29) is 12.3 Å². The monoisotopic (exact) mass is 329 g/mol. The Morgan fingerprint density at radius 2 is 1.50 bits per heavy atom. The van der Waals surface area contributed by atoms with Crippen molar-refractivity contribution in [3.63, 3.8) is 0 Å². The molecule has 0 aliphatic heterocycles. The highest BCUT2D eigenvalue weighted by Crippen LogP contribution is 2.38. The number of hydrogen-bond donors (Lipinski definition) is 1. The lowest BCUT2D eigenvalue weighted by molar-refractivity contribution is -0.115. The van der Waals surface area contributed by atoms with Crippen molar-refractivity contribution in [1.82, 2.24) is 0 Å². The van der Waals surface area contributed by atoms with Gasteiger partial charge in [-0.1, -0.05) is 18.2 Å². The number of anilines is 1. The van der Waals surface area contributed by atoms with Crippen LogP contribution in [-0.4, -0.2) is 27.2 Å². The molecule has 5 nitrogen and oxygen atoms in total. The van der Waals surface area contributed by atoms with Crippen LogP contribution in [-0.2, 0) is 11.2 Å². The van der Waals surface area contributed by atoms with E-state index in [1.807, 2.05) is 32.0 Å². The summed E-state index contributed by atoms with van der Waals surface area (Å²) in [4.78, 5) is 12.4. The second-order valence-corrected chi connectivity index (χ2v) is 5.53. The summed E-state index contributed by atoms with van der Waals surface area (Å²) in [7, 11) is 4.66. The number of aryl methyl sites for hydroxylation is 2. The van der Waals surface area contributed by atoms with Crippen molar-refractivity contribution >= 4 is 11.6 Å². The fourth-order valence-electron chi connectivity index (χ4n) is 2.62. The molecule has 0 fully saturated rings. The van der Waals surface area contributed by atoms with Gasteiger partial charge in [-0.25, -0.2) is 0 Å². The second kappa shape index (κ2) is 7.73. The van der Waals surface area contributed by atoms with E-state index in [1.165, 1.54) is 0 Å². The zero-order chi connectivity index (χ0) is 17.7. The van der Waals surface area contributed by atoms with Gasteiger partial charge in [-0.05, 0) is 42.7 Å². The molecule has 0 bridgehead atoms. The maximum atomic E-state index is 12.4. The molecule has 24 heavy (non-hydrogen) atoms. The molecule has 128 valence electrons. The standard InChI is InChI=1S/C19H23NO4/c1-12-7-6-8-13(2)18(12)20-17(21)11-14-9-15(22-3)19(24-5)16(10-14)23-4/h6-10H,11H2,1-5H3,(H,20,21). The van der Waals surface area contributed by atoms with Gasteiger partial charge in [0.05, 0.1) is 27.8 Å². The molecule has 0 aliphatic carbocycles. The minimum atomic E-state index is -0.0957. The number of carbonyl (C=O) groups excluding carboxylic acids is 1. The Kier molecular flexibility index (Phi) is 5.68. The van der Waals surface area contributed by atoms with E-state index in [0.717, 1.165) is 22.4 Å². The molecule has 0 unspecified atom stereocenters. The number of rotatable bonds is 6. The van der Waals surface area contributed by atoms with Gasteiger partial charge in [-0.15, -0.1) is 0 Å². The van der Waals surface area contributed by atoms with Crippen LogP contribution in [0.4, 0.5) is 5.69 Å². The van der Waals surface area contributed by atoms with Crippen LogP contribution in [0.5, 0.6) is 17.2 Å². The van der Waals surface area contributed by atoms with Crippen LogP contribution in [0, 0.1) is 13.8 Å². The normalized spacial score (nSPS) is 10.2. The predicted octanol–water partition coefficient (Wildman–Crippen LogP) is 3.51. The smallest absolute Gasteiger partial charge is 0.228 e. The molecule has 1 N–H and O–H groups in total. The van der Waals surface area contributed by atoms with Crippen LogP contribution >= 0.6 is 0 Å². The predicted molar refractivity (Wildman–Crippen MR) is 94.3 cm³/mol. The molecule has 2 aromatic rings. The third kappa shape index (κ3) is 3.79. The van der Waals surface area contributed by atoms with Gasteiger partial charge in [0.25, 0.3) is 0 Å². The molecule has 0 aromatic heterocycles. The zero-order valence-electron chi connectivity index (χ0n) is 14.7. The van der Waals surface area contributed by atoms with Crippen molar-refractivity contribution in [1.29, 1.82) is 0 Å². The molecule has 0 spiro atoms. The molecule has 1 amide bonds. The summed E-state index contributed by atoms with van der Waals surface area (Å²) >= 11 is 0. The van der Waals surface area contributed by atoms with E-state index < -0.39 is 0 Å². The third-order valence-electron chi connectivity index (χ3n) is 3.83. The molecule has 0 saturated carbocycles. The van der Waals surface area contributed by atoms with Gasteiger partial charge in [-0.2, -0.15) is 0 Å². The molecule has 0 aliphatic rings. The molecule has 0 saturated heterocycles. The van der Waals surface area contributed by atoms with E-state index >= 15 is 0 Å². The lowest BCUT2D eigenvalue weighted by Gasteiger charge is -2.15. The van der Waals surface area contributed by atoms with Crippen molar-refractivity contribution in [2.75, 3.05) is 26.6 Å². The van der Waals surface area contributed by atoms with Crippen LogP contribution in [0.25, 0.3) is 0 Å². The van der Waals surface area contributed by atoms with Gasteiger partial charge in [0, 0.05) is 5.69 Å². The van der Waals surface area contributed by atoms with E-state index in [9.17, 15) is 4.79 Å². The van der Waals surface area contributed by atoms with Crippen LogP contribution in [0.2, 0.25) is 0 Å². The molecular weight excluding hydrogens is 306 g/mol. The highest BCUT2D eigenvalue weighted by Gasteiger charge is 2.15. The number of carbonyl (C=O) groups is 1. The first-order valence-corrected chi connectivity index (χ1v) is 7.65. The van der Waals surface area contributed by atoms with Gasteiger partial charge < -0.3 is 19.5 Å². The van der Waals surface area contributed by atoms with Crippen LogP contribution in [0.3, 0.4) is 0 Å². The summed E-state index contributed by atoms with van der Waals surface area (Å²) in [6, 6.07) is 9.49. The SMILES string of the molecule is COc1cc(CC(=O)Nc2c(C)cccc2C)cc(OC)c1OC. The lowest BCUT2D eigenvalue weighted by Crippen LogP contribution is -2.16. The molecule has 0 atom stereocenters. The molecule has 2 rings (SSSR count). The number of ether oxygens (including phenoxy) is 3. The van der Waals surface area contributed by atoms with Gasteiger partial charge in [0.2, 0.25) is 11.7 Å². The molecule has 5 heteroatoms. The van der Waals surface area contributed by atoms with Crippen LogP contribution in [0.15, 0.2) is 30.3 Å². The first-order chi connectivity index (χ1) is 11.5. The van der Waals surface area contributed by atoms with Gasteiger partial charge >= 0.3 is 0 Å². The topological polar surface area (TPSA) is 56.8 Å². The van der Waals surface area contributed by atoms with Crippen LogP contribution < -0.4 is 19.5 Å². The Bertz CT molecular complexity index is 695. The van der Waals surface area contributed by atoms with E-state index in [1.54, 1.807) is 33.5 Å². The largest absolute Gasteiger partial charge is 0.493 e. The number of nitrogens with one attached hydrogen (secondary N) is 1. The van der Waals surface area contributed by atoms with Crippen molar-refractivity contribution in [2.24, 2.45) is 0 Å². The first-order valence-electron chi connectivity index (χ1n) is 7.65. The summed E-state index contributed by atoms with van der Waals surface area (Å²) in [6.45, 7) is 3.95. The molecular formula is C19H23NO4. The summed E-state index contributed by atoms with van der Waals surface area (Å²) in [5.74, 6) is 1.49. The average molecular weight is 329 g/mol. The number of amides is 1. The zero-order valence-corrected chi connectivity index (χ0v) is 14.7. The minimum absolute atomic E-state index is 0.0957. The molecule has 0 radical (unpaired) electrons. The summed E-state index contributed by atoms with van der Waals surface area (Å²) in [5.41, 5.74) is 3.71. The number of para-hydroxylation sites is 1. The van der Waals surface area contributed by atoms with Crippen molar-refractivity contribution in [3.8, 4) is 17.2 Å². The number of methoxy groups -OCH3 is 3. The Hall–Kier alpha value is -2.69. The van der Waals surface area contributed by atoms with Crippen LogP contribution in [0.1, 0.15) is 16.7 Å². The van der Waals surface area contributed by atoms with Crippen molar-refractivity contribution in [2.45, 2.75) is 20.3 Å². The number of benzene rings is 2. The second-order valence-electron chi connectivity index (χ2n) is 5.53. The van der Waals surface area contributed by atoms with E-state index in [0.29, 0.717) is 17.2 Å².